The normalized spacial score (nSPS) is 16.7. The van der Waals surface area contributed by atoms with Gasteiger partial charge in [0.15, 0.2) is 0 Å². The maximum atomic E-state index is 13.0. The summed E-state index contributed by atoms with van der Waals surface area (Å²) in [6.45, 7) is 6.69. The molecule has 1 aromatic carbocycles. The van der Waals surface area contributed by atoms with Crippen LogP contribution in [0.25, 0.3) is 5.69 Å². The van der Waals surface area contributed by atoms with Gasteiger partial charge in [-0.25, -0.2) is 4.68 Å². The molecule has 5 nitrogen and oxygen atoms in total. The molecular formula is C18H25ClN4O. The van der Waals surface area contributed by atoms with Crippen molar-refractivity contribution in [3.05, 3.63) is 47.8 Å². The number of aromatic nitrogens is 2. The molecule has 1 N–H and O–H groups in total. The van der Waals surface area contributed by atoms with Crippen LogP contribution in [-0.4, -0.2) is 46.3 Å². The average molecular weight is 349 g/mol. The Hall–Kier alpha value is -1.85. The van der Waals surface area contributed by atoms with Crippen molar-refractivity contribution in [3.63, 3.8) is 0 Å². The number of nitrogens with zero attached hydrogens (tertiary/aromatic N) is 3. The highest BCUT2D eigenvalue weighted by Crippen LogP contribution is 2.18. The fourth-order valence-corrected chi connectivity index (χ4v) is 3.13. The van der Waals surface area contributed by atoms with Gasteiger partial charge in [-0.2, -0.15) is 5.10 Å². The van der Waals surface area contributed by atoms with Crippen molar-refractivity contribution in [2.24, 2.45) is 0 Å². The molecule has 0 aliphatic carbocycles. The first kappa shape index (κ1) is 18.5. The lowest BCUT2D eigenvalue weighted by Gasteiger charge is -2.28. The third-order valence-corrected chi connectivity index (χ3v) is 4.35. The number of rotatable bonds is 5. The van der Waals surface area contributed by atoms with Crippen molar-refractivity contribution in [3.8, 4) is 5.69 Å². The summed E-state index contributed by atoms with van der Waals surface area (Å²) in [6, 6.07) is 10.2. The fraction of sp³-hybridized carbons (Fsp3) is 0.444. The van der Waals surface area contributed by atoms with Gasteiger partial charge in [-0.05, 0) is 38.4 Å². The summed E-state index contributed by atoms with van der Waals surface area (Å²) < 4.78 is 1.79. The van der Waals surface area contributed by atoms with Crippen molar-refractivity contribution in [2.75, 3.05) is 19.6 Å². The predicted octanol–water partition coefficient (Wildman–Crippen LogP) is 2.82. The predicted molar refractivity (Wildman–Crippen MR) is 98.2 cm³/mol. The van der Waals surface area contributed by atoms with Gasteiger partial charge in [-0.15, -0.1) is 12.4 Å². The molecule has 1 atom stereocenters. The lowest BCUT2D eigenvalue weighted by atomic mass is 10.1. The van der Waals surface area contributed by atoms with Crippen LogP contribution >= 0.6 is 12.4 Å². The van der Waals surface area contributed by atoms with E-state index in [1.807, 2.05) is 48.4 Å². The van der Waals surface area contributed by atoms with Crippen LogP contribution in [0.2, 0.25) is 0 Å². The van der Waals surface area contributed by atoms with E-state index in [0.29, 0.717) is 11.6 Å². The van der Waals surface area contributed by atoms with Gasteiger partial charge in [0, 0.05) is 25.3 Å². The van der Waals surface area contributed by atoms with E-state index in [-0.39, 0.29) is 18.3 Å². The molecule has 1 aromatic heterocycles. The number of para-hydroxylation sites is 1. The molecule has 6 heteroatoms. The fourth-order valence-electron chi connectivity index (χ4n) is 3.13. The Morgan fingerprint density at radius 2 is 2.12 bits per heavy atom. The van der Waals surface area contributed by atoms with Gasteiger partial charge in [-0.3, -0.25) is 4.79 Å². The van der Waals surface area contributed by atoms with Crippen LogP contribution < -0.4 is 5.32 Å². The maximum absolute atomic E-state index is 13.0. The number of nitrogens with one attached hydrogen (secondary N) is 1. The van der Waals surface area contributed by atoms with Gasteiger partial charge in [-0.1, -0.05) is 25.1 Å². The lowest BCUT2D eigenvalue weighted by Crippen LogP contribution is -2.42. The number of hydrogen-bond acceptors (Lipinski definition) is 3. The average Bonchev–Trinajstić information content (AvgIpc) is 3.22. The van der Waals surface area contributed by atoms with E-state index in [0.717, 1.165) is 43.9 Å². The van der Waals surface area contributed by atoms with Gasteiger partial charge in [0.05, 0.1) is 16.9 Å². The minimum Gasteiger partial charge on any atom is -0.334 e. The lowest BCUT2D eigenvalue weighted by molar-refractivity contribution is 0.0691. The van der Waals surface area contributed by atoms with Gasteiger partial charge in [0.25, 0.3) is 5.91 Å². The summed E-state index contributed by atoms with van der Waals surface area (Å²) in [4.78, 5) is 15.0. The van der Waals surface area contributed by atoms with Crippen LogP contribution in [0, 0.1) is 6.92 Å². The summed E-state index contributed by atoms with van der Waals surface area (Å²) in [7, 11) is 0. The summed E-state index contributed by atoms with van der Waals surface area (Å²) in [5.41, 5.74) is 2.46. The van der Waals surface area contributed by atoms with E-state index in [2.05, 4.69) is 17.3 Å². The molecule has 3 rings (SSSR count). The van der Waals surface area contributed by atoms with Crippen molar-refractivity contribution in [1.82, 2.24) is 20.0 Å². The summed E-state index contributed by atoms with van der Waals surface area (Å²) >= 11 is 0. The number of carbonyl (C=O) groups excluding carboxylic acids is 1. The smallest absolute Gasteiger partial charge is 0.257 e. The van der Waals surface area contributed by atoms with Crippen LogP contribution in [0.3, 0.4) is 0 Å². The first-order valence-electron chi connectivity index (χ1n) is 8.34. The van der Waals surface area contributed by atoms with Gasteiger partial charge >= 0.3 is 0 Å². The van der Waals surface area contributed by atoms with Gasteiger partial charge in [0.2, 0.25) is 0 Å². The Labute approximate surface area is 149 Å². The van der Waals surface area contributed by atoms with E-state index in [9.17, 15) is 4.79 Å². The van der Waals surface area contributed by atoms with Crippen molar-refractivity contribution in [2.45, 2.75) is 32.7 Å². The van der Waals surface area contributed by atoms with E-state index < -0.39 is 0 Å². The molecule has 1 fully saturated rings. The second-order valence-electron chi connectivity index (χ2n) is 6.05. The number of halogens is 1. The molecule has 0 saturated carbocycles. The Morgan fingerprint density at radius 1 is 1.38 bits per heavy atom. The Balaban J connectivity index is 0.00000208. The van der Waals surface area contributed by atoms with Crippen molar-refractivity contribution in [1.29, 1.82) is 0 Å². The highest BCUT2D eigenvalue weighted by Gasteiger charge is 2.28. The minimum absolute atomic E-state index is 0. The standard InChI is InChI=1S/C18H24N4O.ClH/c1-3-11-21(16-9-10-19-12-16)18(23)17-13-22(20-14(17)2)15-7-5-4-6-8-15;/h4-8,13,16,19H,3,9-12H2,1-2H3;1H. The number of carbonyl (C=O) groups is 1. The largest absolute Gasteiger partial charge is 0.334 e. The third kappa shape index (κ3) is 3.79. The molecule has 2 heterocycles. The number of aryl methyl sites for hydroxylation is 1. The highest BCUT2D eigenvalue weighted by atomic mass is 35.5. The van der Waals surface area contributed by atoms with Crippen LogP contribution in [0.4, 0.5) is 0 Å². The highest BCUT2D eigenvalue weighted by molar-refractivity contribution is 5.95. The molecular weight excluding hydrogens is 324 g/mol. The second kappa shape index (κ2) is 8.31. The number of hydrogen-bond donors (Lipinski definition) is 1. The van der Waals surface area contributed by atoms with E-state index >= 15 is 0 Å². The van der Waals surface area contributed by atoms with Crippen molar-refractivity contribution >= 4 is 18.3 Å². The molecule has 1 saturated heterocycles. The molecule has 130 valence electrons. The Morgan fingerprint density at radius 3 is 2.75 bits per heavy atom. The molecule has 1 amide bonds. The molecule has 1 unspecified atom stereocenters. The molecule has 24 heavy (non-hydrogen) atoms. The van der Waals surface area contributed by atoms with Crippen LogP contribution in [-0.2, 0) is 0 Å². The van der Waals surface area contributed by atoms with Crippen LogP contribution in [0.5, 0.6) is 0 Å². The minimum atomic E-state index is 0. The van der Waals surface area contributed by atoms with Crippen LogP contribution in [0.1, 0.15) is 35.8 Å². The summed E-state index contributed by atoms with van der Waals surface area (Å²) in [5.74, 6) is 0.0974. The molecule has 1 aliphatic heterocycles. The van der Waals surface area contributed by atoms with Gasteiger partial charge < -0.3 is 10.2 Å². The first-order valence-corrected chi connectivity index (χ1v) is 8.34. The summed E-state index contributed by atoms with van der Waals surface area (Å²) in [6.07, 6.45) is 3.85. The molecule has 1 aliphatic rings. The number of amides is 1. The SMILES string of the molecule is CCCN(C(=O)c1cn(-c2ccccc2)nc1C)C1CCNC1.Cl. The molecule has 0 radical (unpaired) electrons. The monoisotopic (exact) mass is 348 g/mol. The Kier molecular flexibility index (Phi) is 6.40. The zero-order chi connectivity index (χ0) is 16.2. The second-order valence-corrected chi connectivity index (χ2v) is 6.05. The number of benzene rings is 1. The third-order valence-electron chi connectivity index (χ3n) is 4.35. The molecule has 0 bridgehead atoms. The van der Waals surface area contributed by atoms with Crippen LogP contribution in [0.15, 0.2) is 36.5 Å². The first-order chi connectivity index (χ1) is 11.2. The quantitative estimate of drug-likeness (QED) is 0.904. The molecule has 0 spiro atoms. The molecule has 2 aromatic rings. The zero-order valence-electron chi connectivity index (χ0n) is 14.2. The zero-order valence-corrected chi connectivity index (χ0v) is 15.1. The Bertz CT molecular complexity index is 665. The maximum Gasteiger partial charge on any atom is 0.257 e. The topological polar surface area (TPSA) is 50.2 Å². The van der Waals surface area contributed by atoms with E-state index in [4.69, 9.17) is 0 Å². The summed E-state index contributed by atoms with van der Waals surface area (Å²) in [5, 5.41) is 7.87. The van der Waals surface area contributed by atoms with Gasteiger partial charge in [0.1, 0.15) is 0 Å². The van der Waals surface area contributed by atoms with E-state index in [1.165, 1.54) is 0 Å². The van der Waals surface area contributed by atoms with Crippen molar-refractivity contribution < 1.29 is 4.79 Å². The van der Waals surface area contributed by atoms with E-state index in [1.54, 1.807) is 4.68 Å².